The highest BCUT2D eigenvalue weighted by atomic mass is 35.5. The molecule has 28 heavy (non-hydrogen) atoms. The van der Waals surface area contributed by atoms with E-state index in [-0.39, 0.29) is 11.7 Å². The molecule has 0 atom stereocenters. The molecular formula is C20H20Cl2N2O3S. The number of rotatable bonds is 5. The van der Waals surface area contributed by atoms with E-state index in [4.69, 9.17) is 23.2 Å². The Bertz CT molecular complexity index is 1000. The number of hydrogen-bond acceptors (Lipinski definition) is 3. The molecule has 0 aromatic heterocycles. The van der Waals surface area contributed by atoms with Gasteiger partial charge in [0, 0.05) is 26.2 Å². The highest BCUT2D eigenvalue weighted by Gasteiger charge is 2.28. The molecule has 1 aliphatic rings. The zero-order valence-electron chi connectivity index (χ0n) is 15.3. The minimum Gasteiger partial charge on any atom is -0.338 e. The van der Waals surface area contributed by atoms with Gasteiger partial charge in [-0.2, -0.15) is 0 Å². The van der Waals surface area contributed by atoms with Gasteiger partial charge in [0.25, 0.3) is 0 Å². The fourth-order valence-electron chi connectivity index (χ4n) is 2.97. The van der Waals surface area contributed by atoms with Crippen LogP contribution in [-0.2, 0) is 21.4 Å². The lowest BCUT2D eigenvalue weighted by Gasteiger charge is -2.17. The molecule has 1 heterocycles. The first kappa shape index (κ1) is 20.7. The van der Waals surface area contributed by atoms with Crippen molar-refractivity contribution < 1.29 is 13.2 Å². The van der Waals surface area contributed by atoms with Gasteiger partial charge in [0.1, 0.15) is 0 Å². The summed E-state index contributed by atoms with van der Waals surface area (Å²) in [6.07, 6.45) is 3.83. The number of likely N-dealkylation sites (N-methyl/N-ethyl adjacent to an activating group) is 1. The van der Waals surface area contributed by atoms with Gasteiger partial charge in [0.2, 0.25) is 15.9 Å². The van der Waals surface area contributed by atoms with E-state index in [1.54, 1.807) is 54.4 Å². The fraction of sp³-hybridized carbons (Fsp3) is 0.250. The summed E-state index contributed by atoms with van der Waals surface area (Å²) in [5, 5.41) is 0.931. The van der Waals surface area contributed by atoms with Crippen LogP contribution >= 0.6 is 23.2 Å². The highest BCUT2D eigenvalue weighted by Crippen LogP contribution is 2.25. The van der Waals surface area contributed by atoms with Crippen LogP contribution in [0.4, 0.5) is 5.69 Å². The van der Waals surface area contributed by atoms with Crippen LogP contribution in [0.25, 0.3) is 6.08 Å². The van der Waals surface area contributed by atoms with Crippen molar-refractivity contribution >= 4 is 50.9 Å². The van der Waals surface area contributed by atoms with Crippen LogP contribution in [0.5, 0.6) is 0 Å². The van der Waals surface area contributed by atoms with Gasteiger partial charge in [-0.05, 0) is 47.9 Å². The van der Waals surface area contributed by atoms with Crippen LogP contribution in [0.3, 0.4) is 0 Å². The molecule has 0 bridgehead atoms. The van der Waals surface area contributed by atoms with Gasteiger partial charge in [0.15, 0.2) is 0 Å². The van der Waals surface area contributed by atoms with Gasteiger partial charge >= 0.3 is 0 Å². The maximum Gasteiger partial charge on any atom is 0.246 e. The standard InChI is InChI=1S/C20H20Cl2N2O3S/c1-23(14-16-5-9-18(21)19(22)13-16)20(25)10-6-15-3-7-17(8-4-15)24-11-2-12-28(24,26)27/h3-10,13H,2,11-12,14H2,1H3/b10-6+. The van der Waals surface area contributed by atoms with Gasteiger partial charge in [-0.3, -0.25) is 9.10 Å². The number of benzene rings is 2. The summed E-state index contributed by atoms with van der Waals surface area (Å²) in [6.45, 7) is 0.918. The molecule has 148 valence electrons. The molecule has 0 unspecified atom stereocenters. The molecule has 8 heteroatoms. The van der Waals surface area contributed by atoms with E-state index in [0.717, 1.165) is 11.1 Å². The Morgan fingerprint density at radius 2 is 1.86 bits per heavy atom. The zero-order chi connectivity index (χ0) is 20.3. The molecule has 2 aromatic carbocycles. The van der Waals surface area contributed by atoms with Gasteiger partial charge in [-0.1, -0.05) is 41.4 Å². The molecule has 0 radical (unpaired) electrons. The average molecular weight is 439 g/mol. The molecule has 3 rings (SSSR count). The average Bonchev–Trinajstić information content (AvgIpc) is 3.02. The highest BCUT2D eigenvalue weighted by molar-refractivity contribution is 7.93. The Kier molecular flexibility index (Phi) is 6.33. The first-order chi connectivity index (χ1) is 13.3. The number of carbonyl (C=O) groups is 1. The third-order valence-corrected chi connectivity index (χ3v) is 7.09. The third kappa shape index (κ3) is 4.87. The number of anilines is 1. The van der Waals surface area contributed by atoms with Crippen molar-refractivity contribution in [1.29, 1.82) is 0 Å². The van der Waals surface area contributed by atoms with Crippen molar-refractivity contribution in [2.75, 3.05) is 23.7 Å². The van der Waals surface area contributed by atoms with Crippen molar-refractivity contribution in [2.24, 2.45) is 0 Å². The van der Waals surface area contributed by atoms with E-state index in [1.807, 2.05) is 6.07 Å². The lowest BCUT2D eigenvalue weighted by atomic mass is 10.2. The van der Waals surface area contributed by atoms with Crippen LogP contribution in [0.1, 0.15) is 17.5 Å². The van der Waals surface area contributed by atoms with E-state index in [1.165, 1.54) is 10.4 Å². The quantitative estimate of drug-likeness (QED) is 0.656. The topological polar surface area (TPSA) is 57.7 Å². The Morgan fingerprint density at radius 1 is 1.14 bits per heavy atom. The Labute approximate surface area is 175 Å². The van der Waals surface area contributed by atoms with E-state index in [2.05, 4.69) is 0 Å². The predicted molar refractivity (Wildman–Crippen MR) is 114 cm³/mol. The second-order valence-electron chi connectivity index (χ2n) is 6.61. The Hall–Kier alpha value is -2.02. The maximum atomic E-state index is 12.3. The monoisotopic (exact) mass is 438 g/mol. The van der Waals surface area contributed by atoms with Crippen LogP contribution in [0.15, 0.2) is 48.5 Å². The Balaban J connectivity index is 1.62. The normalized spacial score (nSPS) is 15.9. The summed E-state index contributed by atoms with van der Waals surface area (Å²) in [6, 6.07) is 12.4. The number of nitrogens with zero attached hydrogens (tertiary/aromatic N) is 2. The number of halogens is 2. The molecule has 0 N–H and O–H groups in total. The maximum absolute atomic E-state index is 12.3. The molecule has 0 aliphatic carbocycles. The summed E-state index contributed by atoms with van der Waals surface area (Å²) in [4.78, 5) is 13.9. The summed E-state index contributed by atoms with van der Waals surface area (Å²) in [5.74, 6) is 0.0335. The molecule has 0 saturated carbocycles. The first-order valence-electron chi connectivity index (χ1n) is 8.74. The first-order valence-corrected chi connectivity index (χ1v) is 11.1. The lowest BCUT2D eigenvalue weighted by molar-refractivity contribution is -0.125. The van der Waals surface area contributed by atoms with Gasteiger partial charge in [0.05, 0.1) is 21.5 Å². The molecule has 1 fully saturated rings. The second-order valence-corrected chi connectivity index (χ2v) is 9.44. The third-order valence-electron chi connectivity index (χ3n) is 4.48. The van der Waals surface area contributed by atoms with Crippen LogP contribution < -0.4 is 4.31 Å². The van der Waals surface area contributed by atoms with Crippen molar-refractivity contribution in [1.82, 2.24) is 4.90 Å². The largest absolute Gasteiger partial charge is 0.338 e. The predicted octanol–water partition coefficient (Wildman–Crippen LogP) is 4.21. The molecule has 1 saturated heterocycles. The zero-order valence-corrected chi connectivity index (χ0v) is 17.6. The van der Waals surface area contributed by atoms with Crippen LogP contribution in [0.2, 0.25) is 10.0 Å². The molecular weight excluding hydrogens is 419 g/mol. The van der Waals surface area contributed by atoms with E-state index >= 15 is 0 Å². The summed E-state index contributed by atoms with van der Waals surface area (Å²) >= 11 is 11.9. The minimum atomic E-state index is -3.19. The fourth-order valence-corrected chi connectivity index (χ4v) is 4.85. The second kappa shape index (κ2) is 8.55. The smallest absolute Gasteiger partial charge is 0.246 e. The number of hydrogen-bond donors (Lipinski definition) is 0. The number of carbonyl (C=O) groups excluding carboxylic acids is 1. The van der Waals surface area contributed by atoms with Gasteiger partial charge in [-0.25, -0.2) is 8.42 Å². The van der Waals surface area contributed by atoms with Crippen molar-refractivity contribution in [2.45, 2.75) is 13.0 Å². The molecule has 2 aromatic rings. The Morgan fingerprint density at radius 3 is 2.46 bits per heavy atom. The van der Waals surface area contributed by atoms with Crippen molar-refractivity contribution in [3.63, 3.8) is 0 Å². The number of amides is 1. The summed E-state index contributed by atoms with van der Waals surface area (Å²) < 4.78 is 25.4. The SMILES string of the molecule is CN(Cc1ccc(Cl)c(Cl)c1)C(=O)/C=C/c1ccc(N2CCCS2(=O)=O)cc1. The summed E-state index contributed by atoms with van der Waals surface area (Å²) in [7, 11) is -1.48. The molecule has 0 spiro atoms. The number of sulfonamides is 1. The minimum absolute atomic E-state index is 0.155. The van der Waals surface area contributed by atoms with E-state index in [9.17, 15) is 13.2 Å². The summed E-state index contributed by atoms with van der Waals surface area (Å²) in [5.41, 5.74) is 2.35. The van der Waals surface area contributed by atoms with E-state index < -0.39 is 10.0 Å². The van der Waals surface area contributed by atoms with Gasteiger partial charge < -0.3 is 4.90 Å². The van der Waals surface area contributed by atoms with Crippen molar-refractivity contribution in [3.05, 3.63) is 69.7 Å². The molecule has 1 aliphatic heterocycles. The van der Waals surface area contributed by atoms with E-state index in [0.29, 0.717) is 35.2 Å². The molecule has 5 nitrogen and oxygen atoms in total. The van der Waals surface area contributed by atoms with Gasteiger partial charge in [-0.15, -0.1) is 0 Å². The lowest BCUT2D eigenvalue weighted by Crippen LogP contribution is -2.24. The van der Waals surface area contributed by atoms with Crippen LogP contribution in [-0.4, -0.2) is 38.6 Å². The molecule has 1 amide bonds. The van der Waals surface area contributed by atoms with Crippen molar-refractivity contribution in [3.8, 4) is 0 Å². The van der Waals surface area contributed by atoms with Crippen LogP contribution in [0, 0.1) is 0 Å².